The number of benzene rings is 2. The number of aliphatic hydroxyl groups is 1. The molecule has 0 aliphatic heterocycles. The van der Waals surface area contributed by atoms with Gasteiger partial charge in [0, 0.05) is 34.6 Å². The van der Waals surface area contributed by atoms with Gasteiger partial charge in [-0.3, -0.25) is 4.79 Å². The van der Waals surface area contributed by atoms with E-state index in [-0.39, 0.29) is 23.6 Å². The van der Waals surface area contributed by atoms with Gasteiger partial charge in [-0.25, -0.2) is 9.78 Å². The second-order valence-electron chi connectivity index (χ2n) is 7.08. The largest absolute Gasteiger partial charge is 0.480 e. The molecule has 3 N–H and O–H groups in total. The Labute approximate surface area is 199 Å². The van der Waals surface area contributed by atoms with Crippen LogP contribution in [0, 0.1) is 0 Å². The smallest absolute Gasteiger partial charge is 0.326 e. The van der Waals surface area contributed by atoms with Gasteiger partial charge in [0.25, 0.3) is 5.91 Å². The quantitative estimate of drug-likeness (QED) is 0.394. The number of carbonyl (C=O) groups excluding carboxylic acids is 1. The highest BCUT2D eigenvalue weighted by Gasteiger charge is 2.23. The molecule has 2 atom stereocenters. The average Bonchev–Trinajstić information content (AvgIpc) is 2.74. The van der Waals surface area contributed by atoms with Crippen LogP contribution in [0.2, 0.25) is 15.2 Å². The number of nitrogens with one attached hydrogen (secondary N) is 1. The molecule has 32 heavy (non-hydrogen) atoms. The first-order chi connectivity index (χ1) is 15.3. The number of amides is 1. The van der Waals surface area contributed by atoms with Gasteiger partial charge < -0.3 is 15.5 Å². The van der Waals surface area contributed by atoms with Gasteiger partial charge in [0.1, 0.15) is 11.2 Å². The monoisotopic (exact) mass is 492 g/mol. The molecule has 1 aromatic heterocycles. The van der Waals surface area contributed by atoms with Crippen LogP contribution in [-0.4, -0.2) is 33.1 Å². The Morgan fingerprint density at radius 2 is 1.50 bits per heavy atom. The van der Waals surface area contributed by atoms with E-state index in [1.165, 1.54) is 12.3 Å². The molecule has 0 aliphatic rings. The van der Waals surface area contributed by atoms with Crippen molar-refractivity contribution in [1.29, 1.82) is 0 Å². The SMILES string of the molecule is O=C(N[C@@H](Cc1ccc(CC(O)c2c(Cl)cccc2Cl)cc1)C(=O)O)c1cccnc1Cl. The second kappa shape index (κ2) is 10.8. The maximum absolute atomic E-state index is 12.4. The van der Waals surface area contributed by atoms with E-state index in [4.69, 9.17) is 34.8 Å². The molecule has 1 amide bonds. The third kappa shape index (κ3) is 5.99. The van der Waals surface area contributed by atoms with E-state index in [2.05, 4.69) is 10.3 Å². The Kier molecular flexibility index (Phi) is 8.10. The lowest BCUT2D eigenvalue weighted by molar-refractivity contribution is -0.139. The zero-order chi connectivity index (χ0) is 23.3. The van der Waals surface area contributed by atoms with Gasteiger partial charge in [-0.05, 0) is 35.4 Å². The summed E-state index contributed by atoms with van der Waals surface area (Å²) < 4.78 is 0. The van der Waals surface area contributed by atoms with E-state index in [0.717, 1.165) is 5.56 Å². The maximum atomic E-state index is 12.4. The summed E-state index contributed by atoms with van der Waals surface area (Å²) in [7, 11) is 0. The molecule has 0 aliphatic carbocycles. The van der Waals surface area contributed by atoms with Gasteiger partial charge in [0.05, 0.1) is 11.7 Å². The first kappa shape index (κ1) is 24.0. The molecule has 6 nitrogen and oxygen atoms in total. The third-order valence-electron chi connectivity index (χ3n) is 4.83. The number of pyridine rings is 1. The Hall–Kier alpha value is -2.64. The van der Waals surface area contributed by atoms with E-state index >= 15 is 0 Å². The highest BCUT2D eigenvalue weighted by atomic mass is 35.5. The molecule has 9 heteroatoms. The Morgan fingerprint density at radius 1 is 0.906 bits per heavy atom. The van der Waals surface area contributed by atoms with Crippen molar-refractivity contribution in [2.75, 3.05) is 0 Å². The second-order valence-corrected chi connectivity index (χ2v) is 8.25. The van der Waals surface area contributed by atoms with Gasteiger partial charge in [0.2, 0.25) is 0 Å². The number of carboxylic acids is 1. The van der Waals surface area contributed by atoms with Crippen LogP contribution < -0.4 is 5.32 Å². The van der Waals surface area contributed by atoms with Crippen LogP contribution in [0.3, 0.4) is 0 Å². The molecule has 0 radical (unpaired) electrons. The molecule has 0 fully saturated rings. The van der Waals surface area contributed by atoms with Crippen molar-refractivity contribution in [3.63, 3.8) is 0 Å². The fourth-order valence-electron chi connectivity index (χ4n) is 3.19. The van der Waals surface area contributed by atoms with Crippen LogP contribution in [0.25, 0.3) is 0 Å². The summed E-state index contributed by atoms with van der Waals surface area (Å²) in [5.74, 6) is -1.79. The molecule has 3 aromatic rings. The van der Waals surface area contributed by atoms with E-state index in [1.807, 2.05) is 0 Å². The predicted octanol–water partition coefficient (Wildman–Crippen LogP) is 4.74. The molecular weight excluding hydrogens is 475 g/mol. The molecule has 0 spiro atoms. The van der Waals surface area contributed by atoms with Crippen molar-refractivity contribution in [3.8, 4) is 0 Å². The van der Waals surface area contributed by atoms with Crippen molar-refractivity contribution >= 4 is 46.7 Å². The number of hydrogen-bond donors (Lipinski definition) is 3. The van der Waals surface area contributed by atoms with Gasteiger partial charge in [-0.1, -0.05) is 65.1 Å². The van der Waals surface area contributed by atoms with Crippen LogP contribution in [0.4, 0.5) is 0 Å². The van der Waals surface area contributed by atoms with Crippen LogP contribution >= 0.6 is 34.8 Å². The summed E-state index contributed by atoms with van der Waals surface area (Å²) in [5, 5.41) is 23.3. The molecule has 1 unspecified atom stereocenters. The highest BCUT2D eigenvalue weighted by Crippen LogP contribution is 2.32. The third-order valence-corrected chi connectivity index (χ3v) is 5.79. The number of aromatic nitrogens is 1. The first-order valence-corrected chi connectivity index (χ1v) is 10.7. The van der Waals surface area contributed by atoms with E-state index in [0.29, 0.717) is 21.2 Å². The zero-order valence-electron chi connectivity index (χ0n) is 16.6. The van der Waals surface area contributed by atoms with Crippen molar-refractivity contribution < 1.29 is 19.8 Å². The molecule has 166 valence electrons. The van der Waals surface area contributed by atoms with Crippen LogP contribution in [-0.2, 0) is 17.6 Å². The minimum Gasteiger partial charge on any atom is -0.480 e. The standard InChI is InChI=1S/C23H19Cl3N2O4/c24-16-4-1-5-17(25)20(16)19(29)12-14-8-6-13(7-9-14)11-18(23(31)32)28-22(30)15-3-2-10-27-21(15)26/h1-10,18-19,29H,11-12H2,(H,28,30)(H,31,32)/t18-,19?/m0/s1. The van der Waals surface area contributed by atoms with Crippen LogP contribution in [0.15, 0.2) is 60.8 Å². The van der Waals surface area contributed by atoms with Gasteiger partial charge in [-0.2, -0.15) is 0 Å². The Morgan fingerprint density at radius 3 is 2.06 bits per heavy atom. The lowest BCUT2D eigenvalue weighted by Gasteiger charge is -2.16. The molecule has 1 heterocycles. The van der Waals surface area contributed by atoms with Crippen molar-refractivity contribution in [3.05, 3.63) is 98.2 Å². The number of aliphatic carboxylic acids is 1. The normalized spacial score (nSPS) is 12.8. The number of nitrogens with zero attached hydrogens (tertiary/aromatic N) is 1. The Bertz CT molecular complexity index is 1100. The molecule has 2 aromatic carbocycles. The summed E-state index contributed by atoms with van der Waals surface area (Å²) in [5.41, 5.74) is 2.07. The lowest BCUT2D eigenvalue weighted by Crippen LogP contribution is -2.42. The van der Waals surface area contributed by atoms with Crippen molar-refractivity contribution in [2.24, 2.45) is 0 Å². The molecule has 0 saturated carbocycles. The van der Waals surface area contributed by atoms with E-state index < -0.39 is 24.0 Å². The number of aliphatic hydroxyl groups excluding tert-OH is 1. The predicted molar refractivity (Wildman–Crippen MR) is 123 cm³/mol. The van der Waals surface area contributed by atoms with Gasteiger partial charge >= 0.3 is 5.97 Å². The highest BCUT2D eigenvalue weighted by molar-refractivity contribution is 6.36. The Balaban J connectivity index is 1.67. The number of carbonyl (C=O) groups is 2. The minimum absolute atomic E-state index is 0.00401. The summed E-state index contributed by atoms with van der Waals surface area (Å²) in [6, 6.07) is 13.9. The van der Waals surface area contributed by atoms with Gasteiger partial charge in [-0.15, -0.1) is 0 Å². The van der Waals surface area contributed by atoms with Crippen LogP contribution in [0.1, 0.15) is 33.2 Å². The topological polar surface area (TPSA) is 99.5 Å². The summed E-state index contributed by atoms with van der Waals surface area (Å²) in [4.78, 5) is 27.9. The number of rotatable bonds is 8. The number of hydrogen-bond acceptors (Lipinski definition) is 4. The van der Waals surface area contributed by atoms with Crippen LogP contribution in [0.5, 0.6) is 0 Å². The number of carboxylic acid groups (broad SMARTS) is 1. The number of halogens is 3. The summed E-state index contributed by atoms with van der Waals surface area (Å²) >= 11 is 18.2. The zero-order valence-corrected chi connectivity index (χ0v) is 18.9. The van der Waals surface area contributed by atoms with Crippen molar-refractivity contribution in [2.45, 2.75) is 25.0 Å². The molecular formula is C23H19Cl3N2O4. The van der Waals surface area contributed by atoms with Gasteiger partial charge in [0.15, 0.2) is 0 Å². The molecule has 0 bridgehead atoms. The lowest BCUT2D eigenvalue weighted by atomic mass is 9.98. The summed E-state index contributed by atoms with van der Waals surface area (Å²) in [6.07, 6.45) is 0.893. The van der Waals surface area contributed by atoms with Crippen molar-refractivity contribution in [1.82, 2.24) is 10.3 Å². The van der Waals surface area contributed by atoms with E-state index in [9.17, 15) is 19.8 Å². The van der Waals surface area contributed by atoms with E-state index in [1.54, 1.807) is 48.5 Å². The molecule has 3 rings (SSSR count). The molecule has 0 saturated heterocycles. The maximum Gasteiger partial charge on any atom is 0.326 e. The average molecular weight is 494 g/mol. The fourth-order valence-corrected chi connectivity index (χ4v) is 4.05. The minimum atomic E-state index is -1.17. The first-order valence-electron chi connectivity index (χ1n) is 9.60. The summed E-state index contributed by atoms with van der Waals surface area (Å²) in [6.45, 7) is 0. The fraction of sp³-hybridized carbons (Fsp3) is 0.174.